The number of rotatable bonds is 6. The summed E-state index contributed by atoms with van der Waals surface area (Å²) in [5.41, 5.74) is 0. The van der Waals surface area contributed by atoms with Crippen LogP contribution in [0.1, 0.15) is 39.5 Å². The van der Waals surface area contributed by atoms with Crippen molar-refractivity contribution in [1.82, 2.24) is 10.2 Å². The highest BCUT2D eigenvalue weighted by molar-refractivity contribution is 5.74. The first kappa shape index (κ1) is 13.8. The lowest BCUT2D eigenvalue weighted by atomic mass is 10.2. The number of terminal acetylenes is 1. The lowest BCUT2D eigenvalue weighted by Gasteiger charge is -2.20. The molecule has 2 amide bonds. The SMILES string of the molecule is C#C[C@H](C)N(C)C(=O)NCCCCCC. The van der Waals surface area contributed by atoms with Crippen LogP contribution in [0.25, 0.3) is 0 Å². The molecule has 0 aliphatic carbocycles. The molecular weight excluding hydrogens is 188 g/mol. The fourth-order valence-electron chi connectivity index (χ4n) is 1.16. The van der Waals surface area contributed by atoms with Crippen molar-refractivity contribution in [3.05, 3.63) is 0 Å². The number of nitrogens with zero attached hydrogens (tertiary/aromatic N) is 1. The Balaban J connectivity index is 3.61. The van der Waals surface area contributed by atoms with Crippen molar-refractivity contribution >= 4 is 6.03 Å². The van der Waals surface area contributed by atoms with Crippen molar-refractivity contribution in [1.29, 1.82) is 0 Å². The lowest BCUT2D eigenvalue weighted by Crippen LogP contribution is -2.42. The van der Waals surface area contributed by atoms with Crippen molar-refractivity contribution in [2.24, 2.45) is 0 Å². The van der Waals surface area contributed by atoms with Gasteiger partial charge in [-0.05, 0) is 13.3 Å². The first-order valence-corrected chi connectivity index (χ1v) is 5.60. The monoisotopic (exact) mass is 210 g/mol. The van der Waals surface area contributed by atoms with E-state index in [1.165, 1.54) is 19.3 Å². The quantitative estimate of drug-likeness (QED) is 0.529. The summed E-state index contributed by atoms with van der Waals surface area (Å²) in [5.74, 6) is 2.52. The van der Waals surface area contributed by atoms with E-state index in [2.05, 4.69) is 18.2 Å². The molecule has 0 aliphatic heterocycles. The smallest absolute Gasteiger partial charge is 0.318 e. The summed E-state index contributed by atoms with van der Waals surface area (Å²) >= 11 is 0. The summed E-state index contributed by atoms with van der Waals surface area (Å²) < 4.78 is 0. The van der Waals surface area contributed by atoms with Gasteiger partial charge >= 0.3 is 6.03 Å². The normalized spacial score (nSPS) is 11.6. The highest BCUT2D eigenvalue weighted by Crippen LogP contribution is 1.98. The van der Waals surface area contributed by atoms with E-state index in [4.69, 9.17) is 6.42 Å². The molecule has 0 aromatic carbocycles. The van der Waals surface area contributed by atoms with Crippen LogP contribution in [-0.4, -0.2) is 30.6 Å². The second kappa shape index (κ2) is 8.16. The topological polar surface area (TPSA) is 32.3 Å². The molecule has 0 unspecified atom stereocenters. The second-order valence-electron chi connectivity index (χ2n) is 3.75. The van der Waals surface area contributed by atoms with Crippen molar-refractivity contribution in [3.63, 3.8) is 0 Å². The van der Waals surface area contributed by atoms with Crippen LogP contribution in [0, 0.1) is 12.3 Å². The van der Waals surface area contributed by atoms with Crippen LogP contribution in [0.2, 0.25) is 0 Å². The molecule has 0 aromatic rings. The highest BCUT2D eigenvalue weighted by Gasteiger charge is 2.11. The average molecular weight is 210 g/mol. The molecule has 3 nitrogen and oxygen atoms in total. The van der Waals surface area contributed by atoms with Gasteiger partial charge in [0.15, 0.2) is 0 Å². The summed E-state index contributed by atoms with van der Waals surface area (Å²) in [6, 6.07) is -0.238. The number of nitrogens with one attached hydrogen (secondary N) is 1. The number of carbonyl (C=O) groups excluding carboxylic acids is 1. The van der Waals surface area contributed by atoms with E-state index in [-0.39, 0.29) is 12.1 Å². The summed E-state index contributed by atoms with van der Waals surface area (Å²) in [5, 5.41) is 2.85. The van der Waals surface area contributed by atoms with Gasteiger partial charge in [-0.3, -0.25) is 0 Å². The van der Waals surface area contributed by atoms with Crippen LogP contribution in [0.15, 0.2) is 0 Å². The van der Waals surface area contributed by atoms with E-state index in [9.17, 15) is 4.79 Å². The fourth-order valence-corrected chi connectivity index (χ4v) is 1.16. The molecule has 1 atom stereocenters. The first-order valence-electron chi connectivity index (χ1n) is 5.60. The first-order chi connectivity index (χ1) is 7.13. The number of amides is 2. The van der Waals surface area contributed by atoms with Gasteiger partial charge in [0.1, 0.15) is 0 Å². The van der Waals surface area contributed by atoms with E-state index in [1.807, 2.05) is 6.92 Å². The highest BCUT2D eigenvalue weighted by atomic mass is 16.2. The van der Waals surface area contributed by atoms with Crippen LogP contribution in [0.4, 0.5) is 4.79 Å². The van der Waals surface area contributed by atoms with Gasteiger partial charge in [-0.25, -0.2) is 4.79 Å². The van der Waals surface area contributed by atoms with E-state index in [1.54, 1.807) is 11.9 Å². The van der Waals surface area contributed by atoms with Crippen LogP contribution >= 0.6 is 0 Å². The summed E-state index contributed by atoms with van der Waals surface area (Å²) in [4.78, 5) is 13.0. The van der Waals surface area contributed by atoms with Gasteiger partial charge in [-0.2, -0.15) is 0 Å². The second-order valence-corrected chi connectivity index (χ2v) is 3.75. The van der Waals surface area contributed by atoms with Crippen LogP contribution < -0.4 is 5.32 Å². The molecule has 0 rings (SSSR count). The van der Waals surface area contributed by atoms with Gasteiger partial charge < -0.3 is 10.2 Å². The van der Waals surface area contributed by atoms with Gasteiger partial charge in [0.25, 0.3) is 0 Å². The molecule has 0 aromatic heterocycles. The Morgan fingerprint density at radius 3 is 2.67 bits per heavy atom. The minimum Gasteiger partial charge on any atom is -0.338 e. The number of hydrogen-bond acceptors (Lipinski definition) is 1. The molecule has 86 valence electrons. The predicted octanol–water partition coefficient (Wildman–Crippen LogP) is 2.23. The van der Waals surface area contributed by atoms with Gasteiger partial charge in [-0.1, -0.05) is 32.1 Å². The summed E-state index contributed by atoms with van der Waals surface area (Å²) in [7, 11) is 1.71. The molecule has 1 N–H and O–H groups in total. The van der Waals surface area contributed by atoms with Gasteiger partial charge in [0, 0.05) is 13.6 Å². The molecule has 0 aliphatic rings. The predicted molar refractivity (Wildman–Crippen MR) is 63.6 cm³/mol. The summed E-state index contributed by atoms with van der Waals surface area (Å²) in [6.45, 7) is 4.73. The molecule has 0 saturated heterocycles. The number of urea groups is 1. The Morgan fingerprint density at radius 1 is 1.47 bits per heavy atom. The van der Waals surface area contributed by atoms with E-state index in [0.717, 1.165) is 13.0 Å². The Bertz CT molecular complexity index is 220. The lowest BCUT2D eigenvalue weighted by molar-refractivity contribution is 0.203. The zero-order chi connectivity index (χ0) is 11.7. The average Bonchev–Trinajstić information content (AvgIpc) is 2.26. The maximum Gasteiger partial charge on any atom is 0.318 e. The van der Waals surface area contributed by atoms with Gasteiger partial charge in [0.05, 0.1) is 6.04 Å². The minimum absolute atomic E-state index is 0.0862. The van der Waals surface area contributed by atoms with Crippen LogP contribution in [0.5, 0.6) is 0 Å². The van der Waals surface area contributed by atoms with Crippen molar-refractivity contribution in [2.75, 3.05) is 13.6 Å². The molecule has 0 spiro atoms. The third-order valence-electron chi connectivity index (χ3n) is 2.45. The largest absolute Gasteiger partial charge is 0.338 e. The van der Waals surface area contributed by atoms with E-state index in [0.29, 0.717) is 0 Å². The van der Waals surface area contributed by atoms with Crippen molar-refractivity contribution in [3.8, 4) is 12.3 Å². The third kappa shape index (κ3) is 6.01. The number of carbonyl (C=O) groups is 1. The maximum atomic E-state index is 11.5. The van der Waals surface area contributed by atoms with Crippen molar-refractivity contribution < 1.29 is 4.79 Å². The Labute approximate surface area is 93.2 Å². The van der Waals surface area contributed by atoms with Gasteiger partial charge in [-0.15, -0.1) is 6.42 Å². The molecular formula is C12H22N2O. The molecule has 0 saturated carbocycles. The van der Waals surface area contributed by atoms with Gasteiger partial charge in [0.2, 0.25) is 0 Å². The molecule has 0 fully saturated rings. The van der Waals surface area contributed by atoms with Crippen LogP contribution in [-0.2, 0) is 0 Å². The minimum atomic E-state index is -0.152. The Morgan fingerprint density at radius 2 is 2.13 bits per heavy atom. The third-order valence-corrected chi connectivity index (χ3v) is 2.45. The number of unbranched alkanes of at least 4 members (excludes halogenated alkanes) is 3. The fraction of sp³-hybridized carbons (Fsp3) is 0.750. The zero-order valence-electron chi connectivity index (χ0n) is 10.0. The Kier molecular flexibility index (Phi) is 7.53. The standard InChI is InChI=1S/C12H22N2O/c1-5-7-8-9-10-13-12(15)14(4)11(3)6-2/h2,11H,5,7-10H2,1,3-4H3,(H,13,15)/t11-/m0/s1. The van der Waals surface area contributed by atoms with E-state index < -0.39 is 0 Å². The maximum absolute atomic E-state index is 11.5. The van der Waals surface area contributed by atoms with E-state index >= 15 is 0 Å². The van der Waals surface area contributed by atoms with Crippen LogP contribution in [0.3, 0.4) is 0 Å². The molecule has 0 bridgehead atoms. The molecule has 3 heteroatoms. The molecule has 15 heavy (non-hydrogen) atoms. The number of hydrogen-bond donors (Lipinski definition) is 1. The zero-order valence-corrected chi connectivity index (χ0v) is 10.0. The molecule has 0 heterocycles. The molecule has 0 radical (unpaired) electrons. The van der Waals surface area contributed by atoms with Crippen molar-refractivity contribution in [2.45, 2.75) is 45.6 Å². The summed E-state index contributed by atoms with van der Waals surface area (Å²) in [6.07, 6.45) is 9.88. The Hall–Kier alpha value is -1.17.